The van der Waals surface area contributed by atoms with Gasteiger partial charge in [-0.05, 0) is 25.0 Å². The molecule has 1 unspecified atom stereocenters. The van der Waals surface area contributed by atoms with Crippen molar-refractivity contribution in [2.75, 3.05) is 38.1 Å². The van der Waals surface area contributed by atoms with Crippen LogP contribution in [0.1, 0.15) is 12.8 Å². The van der Waals surface area contributed by atoms with E-state index in [0.29, 0.717) is 38.5 Å². The summed E-state index contributed by atoms with van der Waals surface area (Å²) in [7, 11) is 0. The van der Waals surface area contributed by atoms with Crippen LogP contribution in [-0.4, -0.2) is 65.6 Å². The van der Waals surface area contributed by atoms with Gasteiger partial charge in [0, 0.05) is 38.5 Å². The number of hydrogen-bond donors (Lipinski definition) is 1. The van der Waals surface area contributed by atoms with Crippen molar-refractivity contribution < 1.29 is 14.3 Å². The molecule has 1 atom stereocenters. The van der Waals surface area contributed by atoms with E-state index >= 15 is 0 Å². The van der Waals surface area contributed by atoms with Crippen LogP contribution in [0.2, 0.25) is 10.3 Å². The van der Waals surface area contributed by atoms with Gasteiger partial charge in [0.1, 0.15) is 16.4 Å². The van der Waals surface area contributed by atoms with Crippen molar-refractivity contribution in [1.29, 1.82) is 0 Å². The van der Waals surface area contributed by atoms with Crippen molar-refractivity contribution >= 4 is 40.8 Å². The lowest BCUT2D eigenvalue weighted by molar-refractivity contribution is -0.142. The van der Waals surface area contributed by atoms with Crippen LogP contribution in [0.25, 0.3) is 0 Å². The topological polar surface area (TPSA) is 74.8 Å². The van der Waals surface area contributed by atoms with E-state index in [1.54, 1.807) is 9.80 Å². The highest BCUT2D eigenvalue weighted by molar-refractivity contribution is 6.32. The number of urea groups is 1. The van der Waals surface area contributed by atoms with Gasteiger partial charge in [-0.3, -0.25) is 4.79 Å². The molecule has 24 heavy (non-hydrogen) atoms. The molecule has 0 bridgehead atoms. The lowest BCUT2D eigenvalue weighted by Crippen LogP contribution is -2.53. The normalized spacial score (nSPS) is 21.0. The molecule has 3 rings (SSSR count). The minimum absolute atomic E-state index is 0.0280. The molecule has 3 amide bonds. The molecule has 1 aromatic heterocycles. The number of anilines is 1. The first kappa shape index (κ1) is 17.3. The predicted molar refractivity (Wildman–Crippen MR) is 90.4 cm³/mol. The van der Waals surface area contributed by atoms with Gasteiger partial charge in [-0.1, -0.05) is 23.2 Å². The molecule has 1 N–H and O–H groups in total. The van der Waals surface area contributed by atoms with Gasteiger partial charge < -0.3 is 19.9 Å². The summed E-state index contributed by atoms with van der Waals surface area (Å²) in [5.41, 5.74) is 0.489. The van der Waals surface area contributed by atoms with Crippen LogP contribution in [0.4, 0.5) is 10.5 Å². The van der Waals surface area contributed by atoms with Crippen LogP contribution in [0, 0.1) is 0 Å². The van der Waals surface area contributed by atoms with Crippen molar-refractivity contribution in [1.82, 2.24) is 14.8 Å². The Labute approximate surface area is 149 Å². The van der Waals surface area contributed by atoms with Crippen LogP contribution in [0.15, 0.2) is 12.1 Å². The maximum Gasteiger partial charge on any atom is 0.321 e. The van der Waals surface area contributed by atoms with Gasteiger partial charge in [0.25, 0.3) is 5.91 Å². The van der Waals surface area contributed by atoms with Crippen LogP contribution in [-0.2, 0) is 9.53 Å². The van der Waals surface area contributed by atoms with Gasteiger partial charge in [0.15, 0.2) is 0 Å². The molecule has 2 saturated heterocycles. The Bertz CT molecular complexity index is 609. The average Bonchev–Trinajstić information content (AvgIpc) is 3.07. The molecule has 2 fully saturated rings. The first-order valence-electron chi connectivity index (χ1n) is 7.82. The molecular formula is C15H18Cl2N4O3. The molecule has 3 heterocycles. The van der Waals surface area contributed by atoms with E-state index in [1.807, 2.05) is 0 Å². The van der Waals surface area contributed by atoms with Crippen molar-refractivity contribution in [3.8, 4) is 0 Å². The summed E-state index contributed by atoms with van der Waals surface area (Å²) in [6.45, 7) is 2.59. The Morgan fingerprint density at radius 1 is 1.12 bits per heavy atom. The van der Waals surface area contributed by atoms with Crippen LogP contribution in [0.3, 0.4) is 0 Å². The summed E-state index contributed by atoms with van der Waals surface area (Å²) in [5.74, 6) is 0.0280. The lowest BCUT2D eigenvalue weighted by atomic mass is 10.2. The van der Waals surface area contributed by atoms with E-state index in [-0.39, 0.29) is 28.3 Å². The predicted octanol–water partition coefficient (Wildman–Crippen LogP) is 2.24. The highest BCUT2D eigenvalue weighted by Crippen LogP contribution is 2.20. The Balaban J connectivity index is 1.52. The number of rotatable bonds is 2. The third-order valence-electron chi connectivity index (χ3n) is 4.10. The van der Waals surface area contributed by atoms with Gasteiger partial charge in [0.05, 0.1) is 0 Å². The molecule has 2 aliphatic heterocycles. The standard InChI is InChI=1S/C15H18Cl2N4O3/c16-12-8-10(9-13(17)19-12)18-15(23)21-5-3-20(4-6-21)14(22)11-2-1-7-24-11/h8-9,11H,1-7H2,(H,18,19,23). The Morgan fingerprint density at radius 3 is 2.33 bits per heavy atom. The highest BCUT2D eigenvalue weighted by Gasteiger charge is 2.31. The fourth-order valence-corrected chi connectivity index (χ4v) is 3.31. The van der Waals surface area contributed by atoms with Crippen molar-refractivity contribution in [3.05, 3.63) is 22.4 Å². The zero-order chi connectivity index (χ0) is 17.1. The Hall–Kier alpha value is -1.57. The minimum Gasteiger partial charge on any atom is -0.368 e. The average molecular weight is 373 g/mol. The molecule has 1 aromatic rings. The van der Waals surface area contributed by atoms with E-state index < -0.39 is 0 Å². The zero-order valence-corrected chi connectivity index (χ0v) is 14.5. The third-order valence-corrected chi connectivity index (χ3v) is 4.49. The highest BCUT2D eigenvalue weighted by atomic mass is 35.5. The van der Waals surface area contributed by atoms with Crippen molar-refractivity contribution in [3.63, 3.8) is 0 Å². The number of carbonyl (C=O) groups excluding carboxylic acids is 2. The molecule has 0 aliphatic carbocycles. The van der Waals surface area contributed by atoms with Crippen molar-refractivity contribution in [2.24, 2.45) is 0 Å². The monoisotopic (exact) mass is 372 g/mol. The number of piperazine rings is 1. The fourth-order valence-electron chi connectivity index (χ4n) is 2.85. The van der Waals surface area contributed by atoms with Gasteiger partial charge in [0.2, 0.25) is 0 Å². The van der Waals surface area contributed by atoms with Crippen LogP contribution in [0.5, 0.6) is 0 Å². The minimum atomic E-state index is -0.313. The molecular weight excluding hydrogens is 355 g/mol. The molecule has 0 spiro atoms. The number of pyridine rings is 1. The first-order valence-corrected chi connectivity index (χ1v) is 8.58. The molecule has 0 radical (unpaired) electrons. The van der Waals surface area contributed by atoms with Gasteiger partial charge in [-0.25, -0.2) is 9.78 Å². The molecule has 0 saturated carbocycles. The number of ether oxygens (including phenoxy) is 1. The second kappa shape index (κ2) is 7.55. The third kappa shape index (κ3) is 4.09. The maximum atomic E-state index is 12.3. The summed E-state index contributed by atoms with van der Waals surface area (Å²) in [5, 5.41) is 3.17. The van der Waals surface area contributed by atoms with Crippen LogP contribution < -0.4 is 5.32 Å². The smallest absolute Gasteiger partial charge is 0.321 e. The second-order valence-corrected chi connectivity index (χ2v) is 6.52. The van der Waals surface area contributed by atoms with Crippen molar-refractivity contribution in [2.45, 2.75) is 18.9 Å². The van der Waals surface area contributed by atoms with Gasteiger partial charge in [-0.15, -0.1) is 0 Å². The lowest BCUT2D eigenvalue weighted by Gasteiger charge is -2.35. The summed E-state index contributed by atoms with van der Waals surface area (Å²) >= 11 is 11.6. The summed E-state index contributed by atoms with van der Waals surface area (Å²) in [6, 6.07) is 2.81. The maximum absolute atomic E-state index is 12.3. The SMILES string of the molecule is O=C(Nc1cc(Cl)nc(Cl)c1)N1CCN(C(=O)C2CCCO2)CC1. The summed E-state index contributed by atoms with van der Waals surface area (Å²) in [6.07, 6.45) is 1.39. The number of hydrogen-bond acceptors (Lipinski definition) is 4. The fraction of sp³-hybridized carbons (Fsp3) is 0.533. The Morgan fingerprint density at radius 2 is 1.75 bits per heavy atom. The Kier molecular flexibility index (Phi) is 5.43. The number of amides is 3. The number of halogens is 2. The summed E-state index contributed by atoms with van der Waals surface area (Å²) < 4.78 is 5.43. The number of nitrogens with one attached hydrogen (secondary N) is 1. The van der Waals surface area contributed by atoms with E-state index in [2.05, 4.69) is 10.3 Å². The van der Waals surface area contributed by atoms with E-state index in [9.17, 15) is 9.59 Å². The summed E-state index contributed by atoms with van der Waals surface area (Å²) in [4.78, 5) is 31.8. The molecule has 2 aliphatic rings. The zero-order valence-electron chi connectivity index (χ0n) is 13.0. The number of carbonyl (C=O) groups is 2. The quantitative estimate of drug-likeness (QED) is 0.807. The molecule has 0 aromatic carbocycles. The van der Waals surface area contributed by atoms with E-state index in [1.165, 1.54) is 12.1 Å². The molecule has 7 nitrogen and oxygen atoms in total. The van der Waals surface area contributed by atoms with E-state index in [4.69, 9.17) is 27.9 Å². The van der Waals surface area contributed by atoms with Gasteiger partial charge in [-0.2, -0.15) is 0 Å². The molecule has 130 valence electrons. The number of nitrogens with zero attached hydrogens (tertiary/aromatic N) is 3. The molecule has 9 heteroatoms. The van der Waals surface area contributed by atoms with E-state index in [0.717, 1.165) is 12.8 Å². The van der Waals surface area contributed by atoms with Gasteiger partial charge >= 0.3 is 6.03 Å². The second-order valence-electron chi connectivity index (χ2n) is 5.75. The first-order chi connectivity index (χ1) is 11.5. The number of aromatic nitrogens is 1. The van der Waals surface area contributed by atoms with Crippen LogP contribution >= 0.6 is 23.2 Å². The largest absolute Gasteiger partial charge is 0.368 e.